The molecular formula is C26H44N6O4. The van der Waals surface area contributed by atoms with Crippen LogP contribution < -0.4 is 21.8 Å². The van der Waals surface area contributed by atoms with Gasteiger partial charge in [0.2, 0.25) is 11.8 Å². The number of nitrogens with two attached hydrogens (primary N) is 1. The van der Waals surface area contributed by atoms with E-state index >= 15 is 0 Å². The number of aromatic hydroxyl groups is 1. The zero-order valence-corrected chi connectivity index (χ0v) is 22.7. The second-order valence-corrected chi connectivity index (χ2v) is 9.68. The molecule has 10 heteroatoms. The Morgan fingerprint density at radius 1 is 1.25 bits per heavy atom. The molecule has 0 bridgehead atoms. The van der Waals surface area contributed by atoms with Gasteiger partial charge in [-0.15, -0.1) is 0 Å². The van der Waals surface area contributed by atoms with Crippen LogP contribution in [0.15, 0.2) is 29.3 Å². The minimum atomic E-state index is -0.746. The fraction of sp³-hybridized carbons (Fsp3) is 0.615. The van der Waals surface area contributed by atoms with Gasteiger partial charge in [-0.2, -0.15) is 0 Å². The van der Waals surface area contributed by atoms with Crippen molar-refractivity contribution in [3.05, 3.63) is 29.8 Å². The van der Waals surface area contributed by atoms with Crippen molar-refractivity contribution in [2.75, 3.05) is 20.1 Å². The highest BCUT2D eigenvalue weighted by Gasteiger charge is 2.40. The Bertz CT molecular complexity index is 891. The van der Waals surface area contributed by atoms with Crippen molar-refractivity contribution in [1.82, 2.24) is 21.1 Å². The van der Waals surface area contributed by atoms with Gasteiger partial charge in [0.15, 0.2) is 5.78 Å². The maximum absolute atomic E-state index is 13.4. The number of Topliss-reactive ketones (excluding diaryl/α,β-unsaturated/α-hetero) is 1. The molecule has 1 aromatic carbocycles. The number of likely N-dealkylation sites (N-methyl/N-ethyl adjacent to an activating group) is 1. The molecule has 1 aliphatic heterocycles. The summed E-state index contributed by atoms with van der Waals surface area (Å²) in [5, 5.41) is 16.7. The number of phenolic OH excluding ortho intramolecular Hbond substituents is 1. The lowest BCUT2D eigenvalue weighted by molar-refractivity contribution is -0.142. The Morgan fingerprint density at radius 2 is 1.86 bits per heavy atom. The van der Waals surface area contributed by atoms with Crippen molar-refractivity contribution in [3.8, 4) is 5.75 Å². The van der Waals surface area contributed by atoms with Crippen LogP contribution in [0.3, 0.4) is 0 Å². The molecule has 1 heterocycles. The Kier molecular flexibility index (Phi) is 12.5. The SMILES string of the molecule is CC.CNC(=O)C1CN(N[C@@H](Cc2ccc(O)cc2)C(=O)C(C)(C)C)C(CCCN=C(C)N)C(=O)N1. The first-order valence-electron chi connectivity index (χ1n) is 12.6. The number of amidine groups is 1. The smallest absolute Gasteiger partial charge is 0.243 e. The van der Waals surface area contributed by atoms with Crippen molar-refractivity contribution in [2.24, 2.45) is 16.1 Å². The summed E-state index contributed by atoms with van der Waals surface area (Å²) in [6.45, 7) is 11.9. The minimum Gasteiger partial charge on any atom is -0.508 e. The number of amides is 2. The maximum atomic E-state index is 13.4. The van der Waals surface area contributed by atoms with Crippen molar-refractivity contribution in [2.45, 2.75) is 78.9 Å². The molecule has 2 unspecified atom stereocenters. The van der Waals surface area contributed by atoms with E-state index in [1.807, 2.05) is 34.6 Å². The van der Waals surface area contributed by atoms with Crippen LogP contribution in [-0.4, -0.2) is 71.8 Å². The number of nitrogens with one attached hydrogen (secondary N) is 3. The maximum Gasteiger partial charge on any atom is 0.243 e. The van der Waals surface area contributed by atoms with Crippen LogP contribution >= 0.6 is 0 Å². The Morgan fingerprint density at radius 3 is 2.39 bits per heavy atom. The molecule has 202 valence electrons. The number of carbonyl (C=O) groups excluding carboxylic acids is 3. The molecule has 1 aromatic rings. The monoisotopic (exact) mass is 504 g/mol. The summed E-state index contributed by atoms with van der Waals surface area (Å²) in [4.78, 5) is 42.8. The van der Waals surface area contributed by atoms with Gasteiger partial charge in [-0.1, -0.05) is 46.8 Å². The van der Waals surface area contributed by atoms with Gasteiger partial charge in [0.1, 0.15) is 17.8 Å². The predicted molar refractivity (Wildman–Crippen MR) is 142 cm³/mol. The molecule has 1 fully saturated rings. The first-order chi connectivity index (χ1) is 16.9. The van der Waals surface area contributed by atoms with Gasteiger partial charge in [0.25, 0.3) is 0 Å². The number of hydrogen-bond acceptors (Lipinski definition) is 7. The third kappa shape index (κ3) is 9.58. The number of piperazine rings is 1. The van der Waals surface area contributed by atoms with E-state index in [0.29, 0.717) is 31.6 Å². The fourth-order valence-corrected chi connectivity index (χ4v) is 3.86. The molecule has 1 aliphatic rings. The predicted octanol–water partition coefficient (Wildman–Crippen LogP) is 1.52. The molecule has 3 atom stereocenters. The van der Waals surface area contributed by atoms with Crippen molar-refractivity contribution in [1.29, 1.82) is 0 Å². The van der Waals surface area contributed by atoms with Gasteiger partial charge in [0.05, 0.1) is 11.9 Å². The van der Waals surface area contributed by atoms with E-state index in [1.165, 1.54) is 7.05 Å². The lowest BCUT2D eigenvalue weighted by Crippen LogP contribution is -2.69. The third-order valence-electron chi connectivity index (χ3n) is 5.69. The van der Waals surface area contributed by atoms with E-state index in [1.54, 1.807) is 36.2 Å². The average Bonchev–Trinajstić information content (AvgIpc) is 2.83. The first-order valence-corrected chi connectivity index (χ1v) is 12.6. The third-order valence-corrected chi connectivity index (χ3v) is 5.69. The molecule has 0 radical (unpaired) electrons. The molecule has 0 aromatic heterocycles. The molecule has 36 heavy (non-hydrogen) atoms. The molecule has 1 saturated heterocycles. The van der Waals surface area contributed by atoms with Crippen LogP contribution in [0, 0.1) is 5.41 Å². The highest BCUT2D eigenvalue weighted by Crippen LogP contribution is 2.22. The lowest BCUT2D eigenvalue weighted by Gasteiger charge is -2.41. The summed E-state index contributed by atoms with van der Waals surface area (Å²) >= 11 is 0. The second kappa shape index (κ2) is 14.5. The van der Waals surface area contributed by atoms with E-state index in [0.717, 1.165) is 5.56 Å². The van der Waals surface area contributed by atoms with Crippen LogP contribution in [0.4, 0.5) is 0 Å². The fourth-order valence-electron chi connectivity index (χ4n) is 3.86. The van der Waals surface area contributed by atoms with Gasteiger partial charge in [-0.05, 0) is 43.9 Å². The molecule has 0 aliphatic carbocycles. The Hall–Kier alpha value is -2.98. The number of carbonyl (C=O) groups is 3. The number of hydrazine groups is 1. The highest BCUT2D eigenvalue weighted by molar-refractivity contribution is 5.91. The van der Waals surface area contributed by atoms with E-state index in [2.05, 4.69) is 21.1 Å². The summed E-state index contributed by atoms with van der Waals surface area (Å²) in [6.07, 6.45) is 1.46. The van der Waals surface area contributed by atoms with Crippen molar-refractivity contribution < 1.29 is 19.5 Å². The van der Waals surface area contributed by atoms with E-state index in [9.17, 15) is 19.5 Å². The number of phenols is 1. The van der Waals surface area contributed by atoms with Gasteiger partial charge in [-0.3, -0.25) is 19.4 Å². The highest BCUT2D eigenvalue weighted by atomic mass is 16.3. The van der Waals surface area contributed by atoms with Crippen molar-refractivity contribution >= 4 is 23.4 Å². The number of aliphatic imine (C=N–C) groups is 1. The van der Waals surface area contributed by atoms with Gasteiger partial charge < -0.3 is 21.5 Å². The molecule has 2 rings (SSSR count). The average molecular weight is 505 g/mol. The Labute approximate surface area is 215 Å². The van der Waals surface area contributed by atoms with E-state index < -0.39 is 23.5 Å². The summed E-state index contributed by atoms with van der Waals surface area (Å²) < 4.78 is 0. The zero-order chi connectivity index (χ0) is 27.5. The number of nitrogens with zero attached hydrogens (tertiary/aromatic N) is 2. The summed E-state index contributed by atoms with van der Waals surface area (Å²) in [6, 6.07) is 4.72. The van der Waals surface area contributed by atoms with Gasteiger partial charge in [0, 0.05) is 25.6 Å². The summed E-state index contributed by atoms with van der Waals surface area (Å²) in [5.41, 5.74) is 9.12. The molecular weight excluding hydrogens is 460 g/mol. The number of benzene rings is 1. The zero-order valence-electron chi connectivity index (χ0n) is 22.7. The molecule has 2 amide bonds. The van der Waals surface area contributed by atoms with Gasteiger partial charge >= 0.3 is 0 Å². The number of ketones is 1. The Balaban J connectivity index is 0.00000316. The molecule has 0 saturated carbocycles. The number of rotatable bonds is 10. The van der Waals surface area contributed by atoms with E-state index in [-0.39, 0.29) is 29.9 Å². The standard InChI is InChI=1S/C24H38N6O4.C2H6/c1-15(25)27-12-6-7-20-23(34)28-19(22(33)26-5)14-30(20)29-18(21(32)24(2,3)4)13-16-8-10-17(31)11-9-16;1-2/h8-11,18-20,29,31H,6-7,12-14H2,1-5H3,(H2,25,27)(H,26,33)(H,28,34);1-2H3/t18-,19?,20?;/m0./s1. The molecule has 0 spiro atoms. The van der Waals surface area contributed by atoms with Crippen LogP contribution in [0.25, 0.3) is 0 Å². The van der Waals surface area contributed by atoms with Crippen molar-refractivity contribution in [3.63, 3.8) is 0 Å². The summed E-state index contributed by atoms with van der Waals surface area (Å²) in [7, 11) is 1.52. The molecule has 10 nitrogen and oxygen atoms in total. The van der Waals surface area contributed by atoms with Crippen LogP contribution in [-0.2, 0) is 20.8 Å². The van der Waals surface area contributed by atoms with Crippen LogP contribution in [0.5, 0.6) is 5.75 Å². The first kappa shape index (κ1) is 31.1. The van der Waals surface area contributed by atoms with Crippen LogP contribution in [0.1, 0.15) is 59.9 Å². The van der Waals surface area contributed by atoms with E-state index in [4.69, 9.17) is 5.73 Å². The second-order valence-electron chi connectivity index (χ2n) is 9.68. The number of hydrogen-bond donors (Lipinski definition) is 5. The lowest BCUT2D eigenvalue weighted by atomic mass is 9.84. The minimum absolute atomic E-state index is 0.0230. The summed E-state index contributed by atoms with van der Waals surface area (Å²) in [5.74, 6) is 0.0104. The van der Waals surface area contributed by atoms with Gasteiger partial charge in [-0.25, -0.2) is 10.4 Å². The largest absolute Gasteiger partial charge is 0.508 e. The normalized spacial score (nSPS) is 19.5. The van der Waals surface area contributed by atoms with Crippen LogP contribution in [0.2, 0.25) is 0 Å². The quantitative estimate of drug-likeness (QED) is 0.184. The topological polar surface area (TPSA) is 149 Å². The molecule has 6 N–H and O–H groups in total.